The molecule has 1 fully saturated rings. The second-order valence-corrected chi connectivity index (χ2v) is 7.15. The topological polar surface area (TPSA) is 110 Å². The molecule has 0 spiro atoms. The molecule has 0 radical (unpaired) electrons. The largest absolute Gasteiger partial charge is 0.497 e. The van der Waals surface area contributed by atoms with Crippen LogP contribution >= 0.6 is 0 Å². The molecule has 1 atom stereocenters. The van der Waals surface area contributed by atoms with Crippen LogP contribution in [0.25, 0.3) is 6.08 Å². The van der Waals surface area contributed by atoms with E-state index in [0.717, 1.165) is 19.4 Å². The third kappa shape index (κ3) is 6.86. The molecule has 1 heterocycles. The number of anilines is 1. The summed E-state index contributed by atoms with van der Waals surface area (Å²) in [6, 6.07) is 15.5. The van der Waals surface area contributed by atoms with Gasteiger partial charge in [0.2, 0.25) is 0 Å². The van der Waals surface area contributed by atoms with Gasteiger partial charge in [0.25, 0.3) is 11.8 Å². The van der Waals surface area contributed by atoms with Crippen molar-refractivity contribution in [3.05, 3.63) is 59.7 Å². The molecular weight excluding hydrogens is 410 g/mol. The molecule has 0 bridgehead atoms. The number of methoxy groups -OCH3 is 1. The van der Waals surface area contributed by atoms with E-state index in [1.807, 2.05) is 6.07 Å². The highest BCUT2D eigenvalue weighted by molar-refractivity contribution is 6.09. The van der Waals surface area contributed by atoms with Gasteiger partial charge in [0.15, 0.2) is 6.61 Å². The van der Waals surface area contributed by atoms with Gasteiger partial charge >= 0.3 is 0 Å². The van der Waals surface area contributed by atoms with Crippen molar-refractivity contribution in [2.45, 2.75) is 18.9 Å². The molecule has 3 rings (SSSR count). The van der Waals surface area contributed by atoms with E-state index in [4.69, 9.17) is 14.2 Å². The Morgan fingerprint density at radius 1 is 1.16 bits per heavy atom. The molecule has 0 aromatic heterocycles. The first kappa shape index (κ1) is 22.8. The first-order valence-electron chi connectivity index (χ1n) is 10.3. The summed E-state index contributed by atoms with van der Waals surface area (Å²) in [4.78, 5) is 24.3. The average molecular weight is 435 g/mol. The summed E-state index contributed by atoms with van der Waals surface area (Å²) in [6.45, 7) is 1.13. The molecule has 1 aliphatic heterocycles. The Balaban J connectivity index is 1.51. The molecule has 8 nitrogen and oxygen atoms in total. The van der Waals surface area contributed by atoms with Crippen molar-refractivity contribution in [3.63, 3.8) is 0 Å². The Bertz CT molecular complexity index is 988. The van der Waals surface area contributed by atoms with Gasteiger partial charge in [0, 0.05) is 18.8 Å². The van der Waals surface area contributed by atoms with Crippen LogP contribution in [0.5, 0.6) is 11.5 Å². The lowest BCUT2D eigenvalue weighted by Gasteiger charge is -2.11. The summed E-state index contributed by atoms with van der Waals surface area (Å²) in [5.74, 6) is 0.449. The first-order valence-corrected chi connectivity index (χ1v) is 10.3. The Morgan fingerprint density at radius 2 is 1.88 bits per heavy atom. The van der Waals surface area contributed by atoms with Gasteiger partial charge in [-0.3, -0.25) is 9.59 Å². The number of carbonyl (C=O) groups is 2. The molecule has 166 valence electrons. The van der Waals surface area contributed by atoms with Gasteiger partial charge in [-0.05, 0) is 60.9 Å². The van der Waals surface area contributed by atoms with E-state index in [1.54, 1.807) is 55.6 Å². The minimum Gasteiger partial charge on any atom is -0.497 e. The number of nitrogens with one attached hydrogen (secondary N) is 2. The highest BCUT2D eigenvalue weighted by atomic mass is 16.5. The van der Waals surface area contributed by atoms with Crippen LogP contribution in [0.2, 0.25) is 0 Å². The van der Waals surface area contributed by atoms with Crippen LogP contribution in [0.4, 0.5) is 5.69 Å². The zero-order chi connectivity index (χ0) is 22.8. The van der Waals surface area contributed by atoms with E-state index in [9.17, 15) is 14.9 Å². The Morgan fingerprint density at radius 3 is 2.50 bits per heavy atom. The number of nitrogens with zero attached hydrogens (tertiary/aromatic N) is 1. The smallest absolute Gasteiger partial charge is 0.266 e. The van der Waals surface area contributed by atoms with Crippen LogP contribution in [-0.4, -0.2) is 44.8 Å². The summed E-state index contributed by atoms with van der Waals surface area (Å²) < 4.78 is 16.0. The Hall–Kier alpha value is -3.83. The molecule has 0 aliphatic carbocycles. The van der Waals surface area contributed by atoms with Gasteiger partial charge in [-0.2, -0.15) is 5.26 Å². The van der Waals surface area contributed by atoms with E-state index in [2.05, 4.69) is 10.6 Å². The van der Waals surface area contributed by atoms with Gasteiger partial charge in [0.05, 0.1) is 13.2 Å². The molecule has 0 unspecified atom stereocenters. The van der Waals surface area contributed by atoms with Gasteiger partial charge in [0.1, 0.15) is 23.1 Å². The molecule has 0 saturated carbocycles. The zero-order valence-corrected chi connectivity index (χ0v) is 17.8. The molecule has 1 aliphatic rings. The zero-order valence-electron chi connectivity index (χ0n) is 17.8. The molecule has 8 heteroatoms. The predicted octanol–water partition coefficient (Wildman–Crippen LogP) is 2.91. The van der Waals surface area contributed by atoms with Gasteiger partial charge in [-0.1, -0.05) is 12.1 Å². The number of rotatable bonds is 9. The molecular formula is C24H25N3O5. The highest BCUT2D eigenvalue weighted by Crippen LogP contribution is 2.18. The van der Waals surface area contributed by atoms with Crippen molar-refractivity contribution in [1.82, 2.24) is 5.32 Å². The number of benzene rings is 2. The second-order valence-electron chi connectivity index (χ2n) is 7.15. The van der Waals surface area contributed by atoms with Crippen molar-refractivity contribution in [1.29, 1.82) is 5.26 Å². The molecule has 2 amide bonds. The fourth-order valence-electron chi connectivity index (χ4n) is 3.08. The lowest BCUT2D eigenvalue weighted by atomic mass is 10.1. The van der Waals surface area contributed by atoms with Crippen LogP contribution in [-0.2, 0) is 14.3 Å². The van der Waals surface area contributed by atoms with Crippen LogP contribution in [0, 0.1) is 11.3 Å². The van der Waals surface area contributed by atoms with Crippen LogP contribution in [0.1, 0.15) is 18.4 Å². The molecule has 2 aromatic rings. The standard InChI is InChI=1S/C24H25N3O5/c1-30-20-10-6-19(7-11-20)27-24(29)18(14-25)13-17-4-8-21(9-5-17)32-16-23(28)26-15-22-3-2-12-31-22/h4-11,13,22H,2-3,12,15-16H2,1H3,(H,26,28)(H,27,29)/b18-13+/t22-/m0/s1. The molecule has 2 N–H and O–H groups in total. The maximum atomic E-state index is 12.4. The van der Waals surface area contributed by atoms with Crippen molar-refractivity contribution >= 4 is 23.6 Å². The number of hydrogen-bond donors (Lipinski definition) is 2. The summed E-state index contributed by atoms with van der Waals surface area (Å²) in [6.07, 6.45) is 3.55. The van der Waals surface area contributed by atoms with Crippen molar-refractivity contribution in [2.75, 3.05) is 32.2 Å². The van der Waals surface area contributed by atoms with Crippen LogP contribution in [0.3, 0.4) is 0 Å². The van der Waals surface area contributed by atoms with Gasteiger partial charge in [-0.15, -0.1) is 0 Å². The molecule has 2 aromatic carbocycles. The fraction of sp³-hybridized carbons (Fsp3) is 0.292. The highest BCUT2D eigenvalue weighted by Gasteiger charge is 2.16. The summed E-state index contributed by atoms with van der Waals surface area (Å²) in [7, 11) is 1.56. The summed E-state index contributed by atoms with van der Waals surface area (Å²) in [5, 5.41) is 14.8. The van der Waals surface area contributed by atoms with E-state index < -0.39 is 5.91 Å². The van der Waals surface area contributed by atoms with Crippen molar-refractivity contribution in [3.8, 4) is 17.6 Å². The minimum absolute atomic E-state index is 0.0389. The number of nitriles is 1. The summed E-state index contributed by atoms with van der Waals surface area (Å²) >= 11 is 0. The summed E-state index contributed by atoms with van der Waals surface area (Å²) in [5.41, 5.74) is 1.17. The number of amides is 2. The lowest BCUT2D eigenvalue weighted by molar-refractivity contribution is -0.123. The van der Waals surface area contributed by atoms with Crippen LogP contribution in [0.15, 0.2) is 54.1 Å². The third-order valence-electron chi connectivity index (χ3n) is 4.82. The predicted molar refractivity (Wildman–Crippen MR) is 119 cm³/mol. The first-order chi connectivity index (χ1) is 15.6. The van der Waals surface area contributed by atoms with E-state index in [0.29, 0.717) is 29.3 Å². The quantitative estimate of drug-likeness (QED) is 0.463. The number of hydrogen-bond acceptors (Lipinski definition) is 6. The van der Waals surface area contributed by atoms with Crippen molar-refractivity contribution < 1.29 is 23.8 Å². The number of ether oxygens (including phenoxy) is 3. The normalized spacial score (nSPS) is 15.5. The van der Waals surface area contributed by atoms with Crippen LogP contribution < -0.4 is 20.1 Å². The van der Waals surface area contributed by atoms with Gasteiger partial charge in [-0.25, -0.2) is 0 Å². The SMILES string of the molecule is COc1ccc(NC(=O)/C(C#N)=C/c2ccc(OCC(=O)NC[C@@H]3CCCO3)cc2)cc1. The second kappa shape index (κ2) is 11.5. The lowest BCUT2D eigenvalue weighted by Crippen LogP contribution is -2.35. The Labute approximate surface area is 186 Å². The third-order valence-corrected chi connectivity index (χ3v) is 4.82. The average Bonchev–Trinajstić information content (AvgIpc) is 3.35. The van der Waals surface area contributed by atoms with E-state index >= 15 is 0 Å². The monoisotopic (exact) mass is 435 g/mol. The maximum Gasteiger partial charge on any atom is 0.266 e. The van der Waals surface area contributed by atoms with E-state index in [1.165, 1.54) is 6.08 Å². The maximum absolute atomic E-state index is 12.4. The minimum atomic E-state index is -0.513. The fourth-order valence-corrected chi connectivity index (χ4v) is 3.08. The Kier molecular flexibility index (Phi) is 8.23. The van der Waals surface area contributed by atoms with Gasteiger partial charge < -0.3 is 24.8 Å². The van der Waals surface area contributed by atoms with E-state index in [-0.39, 0.29) is 24.2 Å². The number of carbonyl (C=O) groups excluding carboxylic acids is 2. The molecule has 1 saturated heterocycles. The van der Waals surface area contributed by atoms with Crippen molar-refractivity contribution in [2.24, 2.45) is 0 Å². The molecule has 32 heavy (non-hydrogen) atoms.